The van der Waals surface area contributed by atoms with Gasteiger partial charge in [-0.05, 0) is 41.1 Å². The number of fused-ring (bicyclic) bond motifs is 1. The maximum atomic E-state index is 3.44. The molecule has 0 radical (unpaired) electrons. The van der Waals surface area contributed by atoms with E-state index >= 15 is 0 Å². The summed E-state index contributed by atoms with van der Waals surface area (Å²) in [6.45, 7) is 7.51. The Labute approximate surface area is 125 Å². The fourth-order valence-corrected chi connectivity index (χ4v) is 3.72. The third-order valence-electron chi connectivity index (χ3n) is 3.96. The van der Waals surface area contributed by atoms with E-state index in [1.165, 1.54) is 29.7 Å². The van der Waals surface area contributed by atoms with Gasteiger partial charge in [-0.1, -0.05) is 31.2 Å². The minimum absolute atomic E-state index is 0.976. The van der Waals surface area contributed by atoms with Crippen molar-refractivity contribution in [2.24, 2.45) is 0 Å². The van der Waals surface area contributed by atoms with Crippen molar-refractivity contribution >= 4 is 11.3 Å². The minimum Gasteiger partial charge on any atom is -0.313 e. The highest BCUT2D eigenvalue weighted by molar-refractivity contribution is 7.10. The number of benzene rings is 1. The maximum Gasteiger partial charge on any atom is 0.0248 e. The summed E-state index contributed by atoms with van der Waals surface area (Å²) in [6.07, 6.45) is 1.21. The van der Waals surface area contributed by atoms with Crippen molar-refractivity contribution in [2.75, 3.05) is 13.1 Å². The van der Waals surface area contributed by atoms with Crippen LogP contribution >= 0.6 is 11.3 Å². The fourth-order valence-electron chi connectivity index (χ4n) is 2.83. The van der Waals surface area contributed by atoms with Crippen molar-refractivity contribution in [3.05, 3.63) is 57.3 Å². The zero-order valence-electron chi connectivity index (χ0n) is 12.1. The molecule has 0 fully saturated rings. The van der Waals surface area contributed by atoms with Crippen LogP contribution in [0.4, 0.5) is 0 Å². The third kappa shape index (κ3) is 3.11. The average molecular weight is 286 g/mol. The van der Waals surface area contributed by atoms with Gasteiger partial charge in [0, 0.05) is 31.1 Å². The lowest BCUT2D eigenvalue weighted by molar-refractivity contribution is 0.246. The summed E-state index contributed by atoms with van der Waals surface area (Å²) >= 11 is 1.91. The fraction of sp³-hybridized carbons (Fsp3) is 0.412. The Morgan fingerprint density at radius 3 is 2.90 bits per heavy atom. The molecule has 1 N–H and O–H groups in total. The Kier molecular flexibility index (Phi) is 4.51. The van der Waals surface area contributed by atoms with Crippen LogP contribution in [0.1, 0.15) is 28.5 Å². The van der Waals surface area contributed by atoms with E-state index in [0.29, 0.717) is 0 Å². The molecule has 20 heavy (non-hydrogen) atoms. The van der Waals surface area contributed by atoms with Crippen LogP contribution < -0.4 is 5.32 Å². The van der Waals surface area contributed by atoms with E-state index in [0.717, 1.165) is 26.2 Å². The van der Waals surface area contributed by atoms with Gasteiger partial charge in [0.15, 0.2) is 0 Å². The van der Waals surface area contributed by atoms with Gasteiger partial charge in [0.25, 0.3) is 0 Å². The Bertz CT molecular complexity index is 562. The van der Waals surface area contributed by atoms with Crippen LogP contribution in [-0.2, 0) is 26.1 Å². The van der Waals surface area contributed by atoms with E-state index in [9.17, 15) is 0 Å². The molecular formula is C17H22N2S. The molecule has 0 saturated carbocycles. The van der Waals surface area contributed by atoms with Gasteiger partial charge in [0.05, 0.1) is 0 Å². The van der Waals surface area contributed by atoms with Gasteiger partial charge in [-0.3, -0.25) is 4.90 Å². The molecule has 3 rings (SSSR count). The predicted octanol–water partition coefficient (Wildman–Crippen LogP) is 3.42. The number of thiophene rings is 1. The molecule has 0 saturated heterocycles. The normalized spacial score (nSPS) is 15.2. The highest BCUT2D eigenvalue weighted by Gasteiger charge is 2.17. The first-order chi connectivity index (χ1) is 9.86. The van der Waals surface area contributed by atoms with Crippen LogP contribution in [-0.4, -0.2) is 18.0 Å². The summed E-state index contributed by atoms with van der Waals surface area (Å²) < 4.78 is 0. The van der Waals surface area contributed by atoms with E-state index in [-0.39, 0.29) is 0 Å². The van der Waals surface area contributed by atoms with E-state index in [2.05, 4.69) is 52.9 Å². The number of nitrogens with zero attached hydrogens (tertiary/aromatic N) is 1. The molecule has 1 aliphatic rings. The number of hydrogen-bond acceptors (Lipinski definition) is 3. The van der Waals surface area contributed by atoms with Crippen LogP contribution in [0.25, 0.3) is 0 Å². The van der Waals surface area contributed by atoms with E-state index in [1.807, 2.05) is 11.3 Å². The first-order valence-corrected chi connectivity index (χ1v) is 8.30. The Hall–Kier alpha value is -1.16. The molecule has 0 aliphatic carbocycles. The molecule has 1 aromatic carbocycles. The maximum absolute atomic E-state index is 3.44. The minimum atomic E-state index is 0.976. The monoisotopic (exact) mass is 286 g/mol. The van der Waals surface area contributed by atoms with Crippen LogP contribution in [0, 0.1) is 0 Å². The topological polar surface area (TPSA) is 15.3 Å². The van der Waals surface area contributed by atoms with Crippen molar-refractivity contribution < 1.29 is 0 Å². The second kappa shape index (κ2) is 6.53. The first kappa shape index (κ1) is 13.8. The predicted molar refractivity (Wildman–Crippen MR) is 86.0 cm³/mol. The highest BCUT2D eigenvalue weighted by Crippen LogP contribution is 2.25. The quantitative estimate of drug-likeness (QED) is 0.906. The standard InChI is InChI=1S/C17H22N2S/c1-2-18-11-14-5-3-4-6-15(14)12-19-9-7-17-16(13-19)8-10-20-17/h3-6,8,10,18H,2,7,9,11-13H2,1H3. The van der Waals surface area contributed by atoms with E-state index in [4.69, 9.17) is 0 Å². The van der Waals surface area contributed by atoms with Gasteiger partial charge >= 0.3 is 0 Å². The third-order valence-corrected chi connectivity index (χ3v) is 4.99. The average Bonchev–Trinajstić information content (AvgIpc) is 2.94. The zero-order chi connectivity index (χ0) is 13.8. The highest BCUT2D eigenvalue weighted by atomic mass is 32.1. The molecule has 0 unspecified atom stereocenters. The lowest BCUT2D eigenvalue weighted by atomic mass is 10.0. The SMILES string of the molecule is CCNCc1ccccc1CN1CCc2sccc2C1. The Morgan fingerprint density at radius 1 is 1.20 bits per heavy atom. The summed E-state index contributed by atoms with van der Waals surface area (Å²) in [7, 11) is 0. The zero-order valence-corrected chi connectivity index (χ0v) is 12.9. The molecule has 106 valence electrons. The van der Waals surface area contributed by atoms with Gasteiger partial charge in [0.2, 0.25) is 0 Å². The van der Waals surface area contributed by atoms with Crippen LogP contribution in [0.3, 0.4) is 0 Å². The lowest BCUT2D eigenvalue weighted by Crippen LogP contribution is -2.29. The molecule has 0 bridgehead atoms. The van der Waals surface area contributed by atoms with Gasteiger partial charge in [0.1, 0.15) is 0 Å². The smallest absolute Gasteiger partial charge is 0.0248 e. The van der Waals surface area contributed by atoms with Gasteiger partial charge in [-0.15, -0.1) is 11.3 Å². The molecule has 1 aliphatic heterocycles. The van der Waals surface area contributed by atoms with Gasteiger partial charge in [-0.2, -0.15) is 0 Å². The first-order valence-electron chi connectivity index (χ1n) is 7.42. The van der Waals surface area contributed by atoms with E-state index < -0.39 is 0 Å². The Balaban J connectivity index is 1.69. The van der Waals surface area contributed by atoms with E-state index in [1.54, 1.807) is 4.88 Å². The number of hydrogen-bond donors (Lipinski definition) is 1. The summed E-state index contributed by atoms with van der Waals surface area (Å²) in [4.78, 5) is 4.15. The number of rotatable bonds is 5. The molecule has 2 nitrogen and oxygen atoms in total. The van der Waals surface area contributed by atoms with Crippen LogP contribution in [0.2, 0.25) is 0 Å². The second-order valence-electron chi connectivity index (χ2n) is 5.38. The van der Waals surface area contributed by atoms with Crippen molar-refractivity contribution in [3.8, 4) is 0 Å². The number of nitrogens with one attached hydrogen (secondary N) is 1. The van der Waals surface area contributed by atoms with Crippen LogP contribution in [0.15, 0.2) is 35.7 Å². The summed E-state index contributed by atoms with van der Waals surface area (Å²) in [6, 6.07) is 11.1. The summed E-state index contributed by atoms with van der Waals surface area (Å²) in [5, 5.41) is 5.67. The molecular weight excluding hydrogens is 264 g/mol. The largest absolute Gasteiger partial charge is 0.313 e. The molecule has 0 atom stereocenters. The molecule has 0 spiro atoms. The van der Waals surface area contributed by atoms with Crippen molar-refractivity contribution in [3.63, 3.8) is 0 Å². The molecule has 0 amide bonds. The summed E-state index contributed by atoms with van der Waals surface area (Å²) in [5.74, 6) is 0. The molecule has 2 aromatic rings. The molecule has 3 heteroatoms. The van der Waals surface area contributed by atoms with Crippen molar-refractivity contribution in [1.29, 1.82) is 0 Å². The van der Waals surface area contributed by atoms with Crippen molar-refractivity contribution in [1.82, 2.24) is 10.2 Å². The van der Waals surface area contributed by atoms with Gasteiger partial charge in [-0.25, -0.2) is 0 Å². The molecule has 1 aromatic heterocycles. The molecule has 2 heterocycles. The second-order valence-corrected chi connectivity index (χ2v) is 6.38. The van der Waals surface area contributed by atoms with Gasteiger partial charge < -0.3 is 5.32 Å². The van der Waals surface area contributed by atoms with Crippen LogP contribution in [0.5, 0.6) is 0 Å². The Morgan fingerprint density at radius 2 is 2.05 bits per heavy atom. The lowest BCUT2D eigenvalue weighted by Gasteiger charge is -2.27. The summed E-state index contributed by atoms with van der Waals surface area (Å²) in [5.41, 5.74) is 4.43. The van der Waals surface area contributed by atoms with Crippen molar-refractivity contribution in [2.45, 2.75) is 33.0 Å².